The van der Waals surface area contributed by atoms with E-state index in [1.54, 1.807) is 0 Å². The summed E-state index contributed by atoms with van der Waals surface area (Å²) >= 11 is 0. The Morgan fingerprint density at radius 3 is 2.42 bits per heavy atom. The number of amides is 1. The number of likely N-dealkylation sites (tertiary alicyclic amines) is 1. The molecule has 2 fully saturated rings. The van der Waals surface area contributed by atoms with Crippen LogP contribution in [-0.2, 0) is 4.79 Å². The second-order valence-electron chi connectivity index (χ2n) is 7.36. The molecule has 3 nitrogen and oxygen atoms in total. The molecule has 1 aromatic rings. The lowest BCUT2D eigenvalue weighted by molar-refractivity contribution is -0.137. The fourth-order valence-corrected chi connectivity index (χ4v) is 4.45. The maximum atomic E-state index is 13.1. The van der Waals surface area contributed by atoms with Crippen molar-refractivity contribution in [2.45, 2.75) is 64.0 Å². The van der Waals surface area contributed by atoms with Gasteiger partial charge in [-0.25, -0.2) is 0 Å². The minimum atomic E-state index is -0.212. The van der Waals surface area contributed by atoms with Gasteiger partial charge >= 0.3 is 0 Å². The Bertz CT molecular complexity index is 516. The quantitative estimate of drug-likeness (QED) is 0.879. The van der Waals surface area contributed by atoms with Gasteiger partial charge in [-0.3, -0.25) is 4.79 Å². The highest BCUT2D eigenvalue weighted by Crippen LogP contribution is 2.35. The zero-order valence-corrected chi connectivity index (χ0v) is 15.5. The summed E-state index contributed by atoms with van der Waals surface area (Å²) < 4.78 is 0. The highest BCUT2D eigenvalue weighted by Gasteiger charge is 2.37. The number of hydrogen-bond donors (Lipinski definition) is 1. The molecule has 0 radical (unpaired) electrons. The molecule has 1 saturated heterocycles. The van der Waals surface area contributed by atoms with Crippen LogP contribution in [0.15, 0.2) is 30.3 Å². The molecule has 3 unspecified atom stereocenters. The molecule has 1 aliphatic carbocycles. The molecule has 3 rings (SSSR count). The molecule has 3 atom stereocenters. The third-order valence-corrected chi connectivity index (χ3v) is 5.89. The summed E-state index contributed by atoms with van der Waals surface area (Å²) in [5, 5.41) is 0. The Morgan fingerprint density at radius 2 is 1.75 bits per heavy atom. The van der Waals surface area contributed by atoms with Gasteiger partial charge < -0.3 is 10.6 Å². The lowest BCUT2D eigenvalue weighted by Gasteiger charge is -2.36. The van der Waals surface area contributed by atoms with Gasteiger partial charge in [0, 0.05) is 18.6 Å². The van der Waals surface area contributed by atoms with Crippen LogP contribution in [0.2, 0.25) is 0 Å². The summed E-state index contributed by atoms with van der Waals surface area (Å²) in [6, 6.07) is 10.3. The van der Waals surface area contributed by atoms with E-state index in [-0.39, 0.29) is 30.3 Å². The smallest absolute Gasteiger partial charge is 0.227 e. The van der Waals surface area contributed by atoms with E-state index >= 15 is 0 Å². The molecule has 24 heavy (non-hydrogen) atoms. The molecule has 1 heterocycles. The predicted molar refractivity (Wildman–Crippen MR) is 101 cm³/mol. The predicted octanol–water partition coefficient (Wildman–Crippen LogP) is 4.32. The number of halogens is 1. The van der Waals surface area contributed by atoms with Crippen molar-refractivity contribution in [1.82, 2.24) is 4.90 Å². The van der Waals surface area contributed by atoms with Crippen LogP contribution in [0.25, 0.3) is 0 Å². The summed E-state index contributed by atoms with van der Waals surface area (Å²) in [5.41, 5.74) is 7.44. The van der Waals surface area contributed by atoms with Gasteiger partial charge in [0.1, 0.15) is 0 Å². The van der Waals surface area contributed by atoms with Gasteiger partial charge in [-0.2, -0.15) is 0 Å². The fraction of sp³-hybridized carbons (Fsp3) is 0.650. The maximum absolute atomic E-state index is 13.1. The Kier molecular flexibility index (Phi) is 7.12. The molecule has 0 spiro atoms. The SMILES string of the molecule is CC(C(=O)N1CCCC1C1CCCCC1)C(N)c1ccccc1.Cl. The molecule has 2 N–H and O–H groups in total. The molecule has 0 aromatic heterocycles. The molecule has 1 saturated carbocycles. The summed E-state index contributed by atoms with van der Waals surface area (Å²) in [5.74, 6) is 0.825. The van der Waals surface area contributed by atoms with E-state index in [9.17, 15) is 4.79 Å². The van der Waals surface area contributed by atoms with Crippen LogP contribution in [0.3, 0.4) is 0 Å². The Labute approximate surface area is 152 Å². The fourth-order valence-electron chi connectivity index (χ4n) is 4.45. The largest absolute Gasteiger partial charge is 0.339 e. The molecule has 1 aliphatic heterocycles. The zero-order chi connectivity index (χ0) is 16.2. The standard InChI is InChI=1S/C20H30N2O.ClH/c1-15(19(21)17-11-6-3-7-12-17)20(23)22-14-8-13-18(22)16-9-4-2-5-10-16;/h3,6-7,11-12,15-16,18-19H,2,4-5,8-10,13-14,21H2,1H3;1H. The Morgan fingerprint density at radius 1 is 1.08 bits per heavy atom. The van der Waals surface area contributed by atoms with Crippen molar-refractivity contribution in [3.63, 3.8) is 0 Å². The third kappa shape index (κ3) is 4.12. The molecule has 4 heteroatoms. The monoisotopic (exact) mass is 350 g/mol. The molecule has 1 amide bonds. The minimum absolute atomic E-state index is 0. The van der Waals surface area contributed by atoms with Crippen molar-refractivity contribution < 1.29 is 4.79 Å². The maximum Gasteiger partial charge on any atom is 0.227 e. The molecular weight excluding hydrogens is 320 g/mol. The first-order valence-electron chi connectivity index (χ1n) is 9.29. The van der Waals surface area contributed by atoms with Crippen molar-refractivity contribution in [2.24, 2.45) is 17.6 Å². The molecule has 1 aromatic carbocycles. The van der Waals surface area contributed by atoms with Crippen LogP contribution in [-0.4, -0.2) is 23.4 Å². The number of rotatable bonds is 4. The second-order valence-corrected chi connectivity index (χ2v) is 7.36. The number of hydrogen-bond acceptors (Lipinski definition) is 2. The van der Waals surface area contributed by atoms with Gasteiger partial charge in [0.15, 0.2) is 0 Å². The minimum Gasteiger partial charge on any atom is -0.339 e. The van der Waals surface area contributed by atoms with Gasteiger partial charge in [-0.1, -0.05) is 56.5 Å². The number of carbonyl (C=O) groups excluding carboxylic acids is 1. The normalized spacial score (nSPS) is 24.2. The number of carbonyl (C=O) groups is 1. The van der Waals surface area contributed by atoms with E-state index in [1.807, 2.05) is 37.3 Å². The molecular formula is C20H31ClN2O. The van der Waals surface area contributed by atoms with Crippen molar-refractivity contribution in [1.29, 1.82) is 0 Å². The summed E-state index contributed by atoms with van der Waals surface area (Å²) in [6.45, 7) is 2.92. The van der Waals surface area contributed by atoms with E-state index < -0.39 is 0 Å². The van der Waals surface area contributed by atoms with Gasteiger partial charge in [-0.05, 0) is 37.2 Å². The molecule has 0 bridgehead atoms. The van der Waals surface area contributed by atoms with Crippen molar-refractivity contribution >= 4 is 18.3 Å². The lowest BCUT2D eigenvalue weighted by atomic mass is 9.82. The topological polar surface area (TPSA) is 46.3 Å². The highest BCUT2D eigenvalue weighted by atomic mass is 35.5. The van der Waals surface area contributed by atoms with E-state index in [4.69, 9.17) is 5.73 Å². The van der Waals surface area contributed by atoms with Gasteiger partial charge in [0.2, 0.25) is 5.91 Å². The Hall–Kier alpha value is -1.06. The van der Waals surface area contributed by atoms with Crippen molar-refractivity contribution in [2.75, 3.05) is 6.54 Å². The van der Waals surface area contributed by atoms with Crippen molar-refractivity contribution in [3.05, 3.63) is 35.9 Å². The molecule has 2 aliphatic rings. The lowest BCUT2D eigenvalue weighted by Crippen LogP contribution is -2.45. The Balaban J connectivity index is 0.00000208. The highest BCUT2D eigenvalue weighted by molar-refractivity contribution is 5.85. The number of nitrogens with zero attached hydrogens (tertiary/aromatic N) is 1. The summed E-state index contributed by atoms with van der Waals surface area (Å²) in [7, 11) is 0. The molecule has 134 valence electrons. The first-order chi connectivity index (χ1) is 11.2. The van der Waals surface area contributed by atoms with Gasteiger partial charge in [0.25, 0.3) is 0 Å². The zero-order valence-electron chi connectivity index (χ0n) is 14.7. The first-order valence-corrected chi connectivity index (χ1v) is 9.29. The van der Waals surface area contributed by atoms with E-state index in [2.05, 4.69) is 4.90 Å². The van der Waals surface area contributed by atoms with Crippen molar-refractivity contribution in [3.8, 4) is 0 Å². The van der Waals surface area contributed by atoms with Crippen LogP contribution in [0.1, 0.15) is 63.5 Å². The van der Waals surface area contributed by atoms with E-state index in [0.717, 1.165) is 24.4 Å². The van der Waals surface area contributed by atoms with E-state index in [1.165, 1.54) is 38.5 Å². The number of benzene rings is 1. The van der Waals surface area contributed by atoms with E-state index in [0.29, 0.717) is 6.04 Å². The number of nitrogens with two attached hydrogens (primary N) is 1. The summed E-state index contributed by atoms with van der Waals surface area (Å²) in [4.78, 5) is 15.2. The average Bonchev–Trinajstić information content (AvgIpc) is 3.11. The van der Waals surface area contributed by atoms with Crippen LogP contribution >= 0.6 is 12.4 Å². The van der Waals surface area contributed by atoms with Gasteiger partial charge in [0.05, 0.1) is 5.92 Å². The third-order valence-electron chi connectivity index (χ3n) is 5.89. The van der Waals surface area contributed by atoms with Crippen LogP contribution in [0.4, 0.5) is 0 Å². The second kappa shape index (κ2) is 8.87. The van der Waals surface area contributed by atoms with Crippen LogP contribution < -0.4 is 5.73 Å². The van der Waals surface area contributed by atoms with Crippen LogP contribution in [0.5, 0.6) is 0 Å². The first kappa shape index (κ1) is 19.3. The average molecular weight is 351 g/mol. The van der Waals surface area contributed by atoms with Gasteiger partial charge in [-0.15, -0.1) is 12.4 Å². The van der Waals surface area contributed by atoms with Crippen LogP contribution in [0, 0.1) is 11.8 Å². The summed E-state index contributed by atoms with van der Waals surface area (Å²) in [6.07, 6.45) is 8.97.